The first-order valence-corrected chi connectivity index (χ1v) is 15.1. The van der Waals surface area contributed by atoms with Gasteiger partial charge >= 0.3 is 0 Å². The number of fused-ring (bicyclic) bond motifs is 7. The van der Waals surface area contributed by atoms with Gasteiger partial charge in [0.25, 0.3) is 0 Å². The van der Waals surface area contributed by atoms with Gasteiger partial charge in [0, 0.05) is 56.0 Å². The van der Waals surface area contributed by atoms with Gasteiger partial charge in [-0.1, -0.05) is 72.8 Å². The van der Waals surface area contributed by atoms with Gasteiger partial charge in [-0.05, 0) is 65.4 Å². The van der Waals surface area contributed by atoms with Crippen molar-refractivity contribution in [2.24, 2.45) is 0 Å². The normalized spacial score (nSPS) is 12.0. The van der Waals surface area contributed by atoms with E-state index >= 15 is 0 Å². The fourth-order valence-corrected chi connectivity index (χ4v) is 7.08. The second-order valence-corrected chi connectivity index (χ2v) is 11.5. The molecule has 5 heteroatoms. The highest BCUT2D eigenvalue weighted by Crippen LogP contribution is 2.44. The summed E-state index contributed by atoms with van der Waals surface area (Å²) in [4.78, 5) is 20.0. The molecule has 10 aromatic rings. The van der Waals surface area contributed by atoms with Crippen molar-refractivity contribution in [2.75, 3.05) is 0 Å². The van der Waals surface area contributed by atoms with Crippen LogP contribution in [0.2, 0.25) is 0 Å². The molecule has 4 heterocycles. The first kappa shape index (κ1) is 24.3. The number of benzene rings is 6. The van der Waals surface area contributed by atoms with Crippen LogP contribution in [0, 0.1) is 0 Å². The summed E-state index contributed by atoms with van der Waals surface area (Å²) in [5.41, 5.74) is 7.71. The predicted molar refractivity (Wildman–Crippen MR) is 184 cm³/mol. The van der Waals surface area contributed by atoms with Gasteiger partial charge in [-0.3, -0.25) is 14.5 Å². The van der Waals surface area contributed by atoms with Crippen molar-refractivity contribution >= 4 is 65.2 Å². The van der Waals surface area contributed by atoms with Gasteiger partial charge in [-0.25, -0.2) is 9.97 Å². The Bertz CT molecular complexity index is 2750. The SMILES string of the molecule is c1ccc(-n2c(-c3ccc(-c4ccc5c6cccc7c8ncccc8c8cccc(c5n4)c8c67)nc3)nc3ccccc32)cc1. The quantitative estimate of drug-likeness (QED) is 0.156. The van der Waals surface area contributed by atoms with Crippen LogP contribution in [0.1, 0.15) is 0 Å². The van der Waals surface area contributed by atoms with Gasteiger partial charge in [-0.2, -0.15) is 0 Å². The smallest absolute Gasteiger partial charge is 0.147 e. The van der Waals surface area contributed by atoms with Crippen LogP contribution < -0.4 is 0 Å². The van der Waals surface area contributed by atoms with E-state index in [1.807, 2.05) is 30.6 Å². The van der Waals surface area contributed by atoms with Crippen molar-refractivity contribution in [1.82, 2.24) is 24.5 Å². The summed E-state index contributed by atoms with van der Waals surface area (Å²) in [5, 5.41) is 9.51. The predicted octanol–water partition coefficient (Wildman–Crippen LogP) is 9.75. The van der Waals surface area contributed by atoms with E-state index in [4.69, 9.17) is 19.9 Å². The lowest BCUT2D eigenvalue weighted by Gasteiger charge is -2.16. The van der Waals surface area contributed by atoms with Crippen LogP contribution in [-0.2, 0) is 0 Å². The summed E-state index contributed by atoms with van der Waals surface area (Å²) in [6.45, 7) is 0. The number of aromatic nitrogens is 5. The zero-order valence-electron chi connectivity index (χ0n) is 24.0. The number of hydrogen-bond acceptors (Lipinski definition) is 4. The molecule has 0 saturated carbocycles. The van der Waals surface area contributed by atoms with E-state index in [0.717, 1.165) is 66.7 Å². The Morgan fingerprint density at radius 2 is 1.13 bits per heavy atom. The van der Waals surface area contributed by atoms with Crippen molar-refractivity contribution in [3.63, 3.8) is 0 Å². The second kappa shape index (κ2) is 9.15. The molecule has 6 aromatic carbocycles. The summed E-state index contributed by atoms with van der Waals surface area (Å²) in [5.74, 6) is 0.859. The molecule has 5 nitrogen and oxygen atoms in total. The molecule has 0 atom stereocenters. The standard InChI is InChI=1S/C40H23N5/c1-2-9-25(10-3-1)45-35-17-5-4-16-34(35)44-40(45)24-18-20-32(42-23-24)33-21-19-29-27-12-6-13-30-36(27)37-26(28-15-8-22-41-38(28)30)11-7-14-31(37)39(29)43-33/h1-23H. The molecule has 0 unspecified atom stereocenters. The van der Waals surface area contributed by atoms with Crippen molar-refractivity contribution in [1.29, 1.82) is 0 Å². The largest absolute Gasteiger partial charge is 0.292 e. The van der Waals surface area contributed by atoms with Crippen molar-refractivity contribution < 1.29 is 0 Å². The highest BCUT2D eigenvalue weighted by molar-refractivity contribution is 6.39. The third-order valence-electron chi connectivity index (χ3n) is 9.03. The molecular formula is C40H23N5. The third kappa shape index (κ3) is 3.43. The topological polar surface area (TPSA) is 56.5 Å². The lowest BCUT2D eigenvalue weighted by Crippen LogP contribution is -1.98. The minimum Gasteiger partial charge on any atom is -0.292 e. The van der Waals surface area contributed by atoms with E-state index < -0.39 is 0 Å². The third-order valence-corrected chi connectivity index (χ3v) is 9.03. The number of hydrogen-bond donors (Lipinski definition) is 0. The first-order valence-electron chi connectivity index (χ1n) is 15.1. The Labute approximate surface area is 257 Å². The Kier molecular flexibility index (Phi) is 4.93. The molecule has 0 fully saturated rings. The van der Waals surface area contributed by atoms with Crippen LogP contribution in [0.25, 0.3) is 93.6 Å². The number of rotatable bonds is 3. The molecule has 0 radical (unpaired) electrons. The zero-order valence-corrected chi connectivity index (χ0v) is 24.0. The molecule has 10 rings (SSSR count). The van der Waals surface area contributed by atoms with E-state index in [1.54, 1.807) is 0 Å². The number of para-hydroxylation sites is 3. The van der Waals surface area contributed by atoms with Crippen molar-refractivity contribution in [3.05, 3.63) is 140 Å². The Morgan fingerprint density at radius 3 is 1.93 bits per heavy atom. The summed E-state index contributed by atoms with van der Waals surface area (Å²) in [7, 11) is 0. The van der Waals surface area contributed by atoms with Gasteiger partial charge in [-0.15, -0.1) is 0 Å². The molecule has 0 bridgehead atoms. The number of nitrogens with zero attached hydrogens (tertiary/aromatic N) is 5. The highest BCUT2D eigenvalue weighted by Gasteiger charge is 2.19. The maximum Gasteiger partial charge on any atom is 0.147 e. The molecule has 0 aliphatic carbocycles. The average Bonchev–Trinajstić information content (AvgIpc) is 3.51. The molecule has 45 heavy (non-hydrogen) atoms. The monoisotopic (exact) mass is 573 g/mol. The van der Waals surface area contributed by atoms with E-state index in [9.17, 15) is 0 Å². The number of pyridine rings is 3. The maximum absolute atomic E-state index is 5.28. The molecule has 4 aromatic heterocycles. The van der Waals surface area contributed by atoms with Gasteiger partial charge in [0.2, 0.25) is 0 Å². The highest BCUT2D eigenvalue weighted by atomic mass is 15.1. The zero-order chi connectivity index (χ0) is 29.5. The molecule has 0 N–H and O–H groups in total. The number of imidazole rings is 1. The van der Waals surface area contributed by atoms with E-state index in [2.05, 4.69) is 114 Å². The average molecular weight is 574 g/mol. The lowest BCUT2D eigenvalue weighted by molar-refractivity contribution is 1.10. The maximum atomic E-state index is 5.28. The van der Waals surface area contributed by atoms with Gasteiger partial charge < -0.3 is 0 Å². The molecule has 0 aliphatic rings. The van der Waals surface area contributed by atoms with Crippen LogP contribution in [0.3, 0.4) is 0 Å². The fraction of sp³-hybridized carbons (Fsp3) is 0. The molecule has 0 aliphatic heterocycles. The molecule has 0 amide bonds. The Morgan fingerprint density at radius 1 is 0.444 bits per heavy atom. The van der Waals surface area contributed by atoms with Crippen molar-refractivity contribution in [3.8, 4) is 28.5 Å². The minimum absolute atomic E-state index is 0.822. The lowest BCUT2D eigenvalue weighted by atomic mass is 9.89. The van der Waals surface area contributed by atoms with Crippen LogP contribution in [0.5, 0.6) is 0 Å². The van der Waals surface area contributed by atoms with Gasteiger partial charge in [0.05, 0.1) is 33.5 Å². The van der Waals surface area contributed by atoms with Crippen LogP contribution in [0.4, 0.5) is 0 Å². The minimum atomic E-state index is 0.822. The van der Waals surface area contributed by atoms with Gasteiger partial charge in [0.1, 0.15) is 5.82 Å². The summed E-state index contributed by atoms with van der Waals surface area (Å²) < 4.78 is 2.20. The summed E-state index contributed by atoms with van der Waals surface area (Å²) >= 11 is 0. The second-order valence-electron chi connectivity index (χ2n) is 11.5. The van der Waals surface area contributed by atoms with Crippen LogP contribution >= 0.6 is 0 Å². The Hall–Kier alpha value is -6.20. The van der Waals surface area contributed by atoms with Crippen molar-refractivity contribution in [2.45, 2.75) is 0 Å². The van der Waals surface area contributed by atoms with E-state index in [0.29, 0.717) is 0 Å². The molecule has 0 saturated heterocycles. The molecule has 0 spiro atoms. The van der Waals surface area contributed by atoms with Crippen LogP contribution in [-0.4, -0.2) is 24.5 Å². The van der Waals surface area contributed by atoms with Gasteiger partial charge in [0.15, 0.2) is 0 Å². The Balaban J connectivity index is 1.16. The first-order chi connectivity index (χ1) is 22.3. The van der Waals surface area contributed by atoms with E-state index in [1.165, 1.54) is 26.9 Å². The van der Waals surface area contributed by atoms with E-state index in [-0.39, 0.29) is 0 Å². The molecule has 208 valence electrons. The van der Waals surface area contributed by atoms with Crippen LogP contribution in [0.15, 0.2) is 140 Å². The summed E-state index contributed by atoms with van der Waals surface area (Å²) in [6.07, 6.45) is 3.79. The fourth-order valence-electron chi connectivity index (χ4n) is 7.08. The summed E-state index contributed by atoms with van der Waals surface area (Å²) in [6, 6.07) is 44.3. The molecular weight excluding hydrogens is 550 g/mol.